The van der Waals surface area contributed by atoms with Gasteiger partial charge < -0.3 is 15.4 Å². The third kappa shape index (κ3) is 3.39. The van der Waals surface area contributed by atoms with Crippen molar-refractivity contribution >= 4 is 34.4 Å². The number of anilines is 1. The lowest BCUT2D eigenvalue weighted by Crippen LogP contribution is -2.38. The highest BCUT2D eigenvalue weighted by atomic mass is 32.2. The van der Waals surface area contributed by atoms with Crippen LogP contribution in [0.4, 0.5) is 5.69 Å². The molecule has 118 valence electrons. The standard InChI is InChI=1S/C14H13N5O3S/c1-22-10-5-3-2-4-9(10)16-11(20)7-23-14-17-12-8(6-15-19-12)13(21)18-14/h2-6,12H,7H2,1H3,(H,16,20)(H,17,18,21). The highest BCUT2D eigenvalue weighted by Gasteiger charge is 2.29. The fourth-order valence-corrected chi connectivity index (χ4v) is 2.69. The number of thioether (sulfide) groups is 1. The second kappa shape index (κ2) is 6.61. The molecule has 1 unspecified atom stereocenters. The van der Waals surface area contributed by atoms with E-state index in [1.807, 2.05) is 6.07 Å². The van der Waals surface area contributed by atoms with Crippen LogP contribution >= 0.6 is 11.8 Å². The lowest BCUT2D eigenvalue weighted by atomic mass is 10.2. The van der Waals surface area contributed by atoms with Crippen LogP contribution in [0.15, 0.2) is 51.3 Å². The molecule has 1 aromatic carbocycles. The summed E-state index contributed by atoms with van der Waals surface area (Å²) in [5.41, 5.74) is 0.998. The van der Waals surface area contributed by atoms with Gasteiger partial charge in [0.05, 0.1) is 30.3 Å². The number of azo groups is 1. The molecule has 0 spiro atoms. The first kappa shape index (κ1) is 15.2. The molecule has 2 amide bonds. The van der Waals surface area contributed by atoms with Crippen LogP contribution in [0.5, 0.6) is 5.75 Å². The van der Waals surface area contributed by atoms with Gasteiger partial charge in [-0.1, -0.05) is 23.9 Å². The van der Waals surface area contributed by atoms with E-state index in [2.05, 4.69) is 25.9 Å². The molecule has 2 aliphatic heterocycles. The van der Waals surface area contributed by atoms with Gasteiger partial charge in [-0.15, -0.1) is 0 Å². The Hall–Kier alpha value is -2.68. The Bertz CT molecular complexity index is 744. The number of amides is 2. The summed E-state index contributed by atoms with van der Waals surface area (Å²) in [6.07, 6.45) is 0.794. The number of benzene rings is 1. The molecule has 8 nitrogen and oxygen atoms in total. The molecule has 2 N–H and O–H groups in total. The summed E-state index contributed by atoms with van der Waals surface area (Å²) >= 11 is 1.13. The van der Waals surface area contributed by atoms with Crippen LogP contribution in [-0.2, 0) is 9.59 Å². The normalized spacial score (nSPS) is 18.7. The van der Waals surface area contributed by atoms with Gasteiger partial charge in [0.25, 0.3) is 5.91 Å². The van der Waals surface area contributed by atoms with E-state index in [4.69, 9.17) is 4.74 Å². The number of para-hydroxylation sites is 2. The smallest absolute Gasteiger partial charge is 0.258 e. The van der Waals surface area contributed by atoms with Gasteiger partial charge in [-0.3, -0.25) is 9.59 Å². The van der Waals surface area contributed by atoms with Gasteiger partial charge in [0.15, 0.2) is 11.3 Å². The second-order valence-corrected chi connectivity index (χ2v) is 5.58. The summed E-state index contributed by atoms with van der Waals surface area (Å²) in [5, 5.41) is 13.2. The summed E-state index contributed by atoms with van der Waals surface area (Å²) < 4.78 is 5.17. The van der Waals surface area contributed by atoms with Gasteiger partial charge in [-0.25, -0.2) is 4.99 Å². The minimum atomic E-state index is -0.594. The van der Waals surface area contributed by atoms with E-state index in [0.717, 1.165) is 11.8 Å². The molecule has 9 heteroatoms. The fraction of sp³-hybridized carbons (Fsp3) is 0.214. The van der Waals surface area contributed by atoms with Crippen LogP contribution in [0.2, 0.25) is 0 Å². The highest BCUT2D eigenvalue weighted by Crippen LogP contribution is 2.24. The van der Waals surface area contributed by atoms with Crippen molar-refractivity contribution in [2.24, 2.45) is 15.2 Å². The van der Waals surface area contributed by atoms with E-state index >= 15 is 0 Å². The fourth-order valence-electron chi connectivity index (χ4n) is 2.01. The Kier molecular flexibility index (Phi) is 4.38. The molecule has 0 aromatic heterocycles. The molecule has 0 aliphatic carbocycles. The van der Waals surface area contributed by atoms with Crippen molar-refractivity contribution in [2.45, 2.75) is 6.17 Å². The van der Waals surface area contributed by atoms with Crippen LogP contribution in [0.3, 0.4) is 0 Å². The van der Waals surface area contributed by atoms with Crippen LogP contribution in [0.1, 0.15) is 0 Å². The third-order valence-electron chi connectivity index (χ3n) is 3.09. The number of rotatable bonds is 4. The van der Waals surface area contributed by atoms with E-state index in [1.165, 1.54) is 13.3 Å². The topological polar surface area (TPSA) is 105 Å². The van der Waals surface area contributed by atoms with Crippen LogP contribution in [0.25, 0.3) is 0 Å². The minimum absolute atomic E-state index is 0.0973. The number of aliphatic imine (C=N–C) groups is 1. The zero-order chi connectivity index (χ0) is 16.2. The average molecular weight is 331 g/mol. The largest absolute Gasteiger partial charge is 0.495 e. The van der Waals surface area contributed by atoms with Crippen molar-refractivity contribution in [3.8, 4) is 5.75 Å². The summed E-state index contributed by atoms with van der Waals surface area (Å²) in [6.45, 7) is 0. The number of nitrogens with zero attached hydrogens (tertiary/aromatic N) is 3. The predicted octanol–water partition coefficient (Wildman–Crippen LogP) is 1.53. The van der Waals surface area contributed by atoms with E-state index in [-0.39, 0.29) is 17.6 Å². The maximum Gasteiger partial charge on any atom is 0.258 e. The minimum Gasteiger partial charge on any atom is -0.495 e. The Balaban J connectivity index is 1.58. The Morgan fingerprint density at radius 2 is 2.26 bits per heavy atom. The first-order valence-corrected chi connectivity index (χ1v) is 7.71. The zero-order valence-corrected chi connectivity index (χ0v) is 13.0. The Morgan fingerprint density at radius 1 is 1.43 bits per heavy atom. The van der Waals surface area contributed by atoms with Gasteiger partial charge in [-0.2, -0.15) is 10.2 Å². The Labute approximate surface area is 136 Å². The number of fused-ring (bicyclic) bond motifs is 1. The number of ether oxygens (including phenoxy) is 1. The van der Waals surface area contributed by atoms with Gasteiger partial charge in [-0.05, 0) is 12.1 Å². The van der Waals surface area contributed by atoms with Crippen LogP contribution in [0, 0.1) is 0 Å². The molecule has 0 saturated carbocycles. The van der Waals surface area contributed by atoms with Crippen LogP contribution in [-0.4, -0.2) is 36.0 Å². The number of carbonyl (C=O) groups is 2. The molecule has 23 heavy (non-hydrogen) atoms. The monoisotopic (exact) mass is 331 g/mol. The number of hydrogen-bond acceptors (Lipinski definition) is 7. The Morgan fingerprint density at radius 3 is 3.09 bits per heavy atom. The molecule has 0 fully saturated rings. The summed E-state index contributed by atoms with van der Waals surface area (Å²) in [4.78, 5) is 28.0. The molecule has 2 aliphatic rings. The number of hydrogen-bond donors (Lipinski definition) is 2. The van der Waals surface area contributed by atoms with Gasteiger partial charge in [0, 0.05) is 0 Å². The van der Waals surface area contributed by atoms with Crippen LogP contribution < -0.4 is 15.4 Å². The van der Waals surface area contributed by atoms with Gasteiger partial charge >= 0.3 is 0 Å². The summed E-state index contributed by atoms with van der Waals surface area (Å²) in [5.74, 6) is 0.156. The summed E-state index contributed by atoms with van der Waals surface area (Å²) in [6, 6.07) is 7.12. The lowest BCUT2D eigenvalue weighted by Gasteiger charge is -2.17. The maximum absolute atomic E-state index is 12.0. The number of nitrogens with one attached hydrogen (secondary N) is 2. The quantitative estimate of drug-likeness (QED) is 0.873. The highest BCUT2D eigenvalue weighted by molar-refractivity contribution is 8.14. The maximum atomic E-state index is 12.0. The molecular formula is C14H13N5O3S. The van der Waals surface area contributed by atoms with E-state index in [0.29, 0.717) is 22.2 Å². The molecule has 3 rings (SSSR count). The summed E-state index contributed by atoms with van der Waals surface area (Å²) in [7, 11) is 1.54. The number of methoxy groups -OCH3 is 1. The molecular weight excluding hydrogens is 318 g/mol. The lowest BCUT2D eigenvalue weighted by molar-refractivity contribution is -0.116. The van der Waals surface area contributed by atoms with E-state index < -0.39 is 6.17 Å². The van der Waals surface area contributed by atoms with Crippen molar-refractivity contribution in [2.75, 3.05) is 18.2 Å². The van der Waals surface area contributed by atoms with Gasteiger partial charge in [0.1, 0.15) is 5.75 Å². The van der Waals surface area contributed by atoms with E-state index in [9.17, 15) is 9.59 Å². The molecule has 1 aromatic rings. The van der Waals surface area contributed by atoms with Crippen molar-refractivity contribution in [1.29, 1.82) is 0 Å². The average Bonchev–Trinajstić information content (AvgIpc) is 3.02. The molecule has 0 bridgehead atoms. The van der Waals surface area contributed by atoms with Crippen molar-refractivity contribution in [3.05, 3.63) is 36.0 Å². The number of carbonyl (C=O) groups excluding carboxylic acids is 2. The number of amidine groups is 1. The van der Waals surface area contributed by atoms with Crippen molar-refractivity contribution in [1.82, 2.24) is 5.32 Å². The van der Waals surface area contributed by atoms with Crippen molar-refractivity contribution in [3.63, 3.8) is 0 Å². The second-order valence-electron chi connectivity index (χ2n) is 4.61. The molecule has 1 atom stereocenters. The third-order valence-corrected chi connectivity index (χ3v) is 3.98. The van der Waals surface area contributed by atoms with E-state index in [1.54, 1.807) is 18.2 Å². The molecule has 0 saturated heterocycles. The van der Waals surface area contributed by atoms with Gasteiger partial charge in [0.2, 0.25) is 5.91 Å². The molecule has 2 heterocycles. The first-order valence-electron chi connectivity index (χ1n) is 6.72. The molecule has 0 radical (unpaired) electrons. The predicted molar refractivity (Wildman–Crippen MR) is 86.4 cm³/mol. The zero-order valence-electron chi connectivity index (χ0n) is 12.1. The van der Waals surface area contributed by atoms with Crippen molar-refractivity contribution < 1.29 is 14.3 Å². The SMILES string of the molecule is COc1ccccc1NC(=O)CSC1=NC2N=NC=C2C(=O)N1. The first-order chi connectivity index (χ1) is 11.2.